The van der Waals surface area contributed by atoms with Crippen LogP contribution in [0.1, 0.15) is 12.6 Å². The van der Waals surface area contributed by atoms with Crippen LogP contribution >= 0.6 is 11.3 Å². The molecule has 122 valence electrons. The molecule has 0 bridgehead atoms. The smallest absolute Gasteiger partial charge is 0.312 e. The third-order valence-electron chi connectivity index (χ3n) is 3.05. The second-order valence-electron chi connectivity index (χ2n) is 4.93. The Morgan fingerprint density at radius 3 is 2.92 bits per heavy atom. The quantitative estimate of drug-likeness (QED) is 0.608. The number of aromatic nitrogens is 2. The van der Waals surface area contributed by atoms with Crippen molar-refractivity contribution >= 4 is 28.8 Å². The van der Waals surface area contributed by atoms with E-state index in [0.717, 1.165) is 10.6 Å². The summed E-state index contributed by atoms with van der Waals surface area (Å²) in [6.45, 7) is 0.843. The van der Waals surface area contributed by atoms with E-state index >= 15 is 0 Å². The third-order valence-corrected chi connectivity index (χ3v) is 3.99. The monoisotopic (exact) mass is 342 g/mol. The number of carbonyl (C=O) groups excluding carboxylic acids is 2. The average molecular weight is 342 g/mol. The van der Waals surface area contributed by atoms with Gasteiger partial charge in [-0.05, 0) is 19.1 Å². The molecule has 24 heavy (non-hydrogen) atoms. The highest BCUT2D eigenvalue weighted by Gasteiger charge is 2.21. The van der Waals surface area contributed by atoms with Gasteiger partial charge >= 0.3 is 5.97 Å². The average Bonchev–Trinajstić information content (AvgIpc) is 3.02. The number of rotatable bonds is 7. The van der Waals surface area contributed by atoms with Crippen LogP contribution < -0.4 is 0 Å². The van der Waals surface area contributed by atoms with E-state index in [-0.39, 0.29) is 12.1 Å². The minimum atomic E-state index is -1.17. The third kappa shape index (κ3) is 4.54. The van der Waals surface area contributed by atoms with Gasteiger partial charge in [-0.25, -0.2) is 4.98 Å². The van der Waals surface area contributed by atoms with Gasteiger partial charge in [0, 0.05) is 29.0 Å². The van der Waals surface area contributed by atoms with Crippen LogP contribution in [0.5, 0.6) is 0 Å². The molecule has 0 aliphatic heterocycles. The van der Waals surface area contributed by atoms with Gasteiger partial charge in [-0.1, -0.05) is 0 Å². The van der Waals surface area contributed by atoms with Crippen molar-refractivity contribution in [3.63, 3.8) is 0 Å². The first kappa shape index (κ1) is 17.4. The molecule has 1 N–H and O–H groups in total. The van der Waals surface area contributed by atoms with E-state index in [1.54, 1.807) is 29.9 Å². The van der Waals surface area contributed by atoms with Crippen molar-refractivity contribution in [1.29, 1.82) is 10.7 Å². The molecule has 2 heterocycles. The Hall–Kier alpha value is -2.92. The van der Waals surface area contributed by atoms with Crippen LogP contribution in [-0.4, -0.2) is 34.0 Å². The number of carbonyl (C=O) groups is 2. The lowest BCUT2D eigenvalue weighted by Gasteiger charge is -2.06. The zero-order chi connectivity index (χ0) is 17.5. The molecule has 1 unspecified atom stereocenters. The van der Waals surface area contributed by atoms with Crippen LogP contribution in [0.15, 0.2) is 29.9 Å². The predicted molar refractivity (Wildman–Crippen MR) is 87.5 cm³/mol. The molecule has 0 amide bonds. The maximum atomic E-state index is 11.8. The molecule has 2 aromatic rings. The molecule has 0 spiro atoms. The van der Waals surface area contributed by atoms with Gasteiger partial charge in [-0.15, -0.1) is 11.3 Å². The van der Waals surface area contributed by atoms with Crippen LogP contribution in [0.2, 0.25) is 0 Å². The van der Waals surface area contributed by atoms with E-state index in [2.05, 4.69) is 9.97 Å². The Kier molecular flexibility index (Phi) is 5.87. The van der Waals surface area contributed by atoms with Gasteiger partial charge in [-0.3, -0.25) is 14.6 Å². The van der Waals surface area contributed by atoms with E-state index in [4.69, 9.17) is 15.4 Å². The molecule has 0 saturated carbocycles. The molecule has 8 heteroatoms. The second-order valence-corrected chi connectivity index (χ2v) is 5.79. The summed E-state index contributed by atoms with van der Waals surface area (Å²) in [6, 6.07) is 5.38. The Morgan fingerprint density at radius 2 is 2.29 bits per heavy atom. The summed E-state index contributed by atoms with van der Waals surface area (Å²) in [5.74, 6) is -2.38. The fourth-order valence-corrected chi connectivity index (χ4v) is 2.66. The number of hydrogen-bond acceptors (Lipinski definition) is 8. The normalized spacial score (nSPS) is 11.3. The molecule has 0 aliphatic rings. The zero-order valence-corrected chi connectivity index (χ0v) is 13.7. The van der Waals surface area contributed by atoms with Gasteiger partial charge in [0.25, 0.3) is 0 Å². The largest absolute Gasteiger partial charge is 0.457 e. The predicted octanol–water partition coefficient (Wildman–Crippen LogP) is 2.04. The number of ketones is 1. The molecular weight excluding hydrogens is 328 g/mol. The maximum absolute atomic E-state index is 11.8. The molecule has 1 atom stereocenters. The molecule has 0 aromatic carbocycles. The Balaban J connectivity index is 1.90. The van der Waals surface area contributed by atoms with Gasteiger partial charge in [0.05, 0.1) is 18.2 Å². The SMILES string of the molecule is CC(=N)C(C#N)C(=O)COC(=O)Cc1csc(-c2cccnc2)n1. The molecular formula is C16H14N4O3S. The van der Waals surface area contributed by atoms with E-state index in [0.29, 0.717) is 5.69 Å². The minimum absolute atomic E-state index is 0.0646. The summed E-state index contributed by atoms with van der Waals surface area (Å²) in [7, 11) is 0. The minimum Gasteiger partial charge on any atom is -0.457 e. The number of nitrogens with zero attached hydrogens (tertiary/aromatic N) is 3. The van der Waals surface area contributed by atoms with Gasteiger partial charge in [0.15, 0.2) is 12.4 Å². The molecule has 0 saturated heterocycles. The number of hydrogen-bond donors (Lipinski definition) is 1. The van der Waals surface area contributed by atoms with Crippen molar-refractivity contribution < 1.29 is 14.3 Å². The summed E-state index contributed by atoms with van der Waals surface area (Å²) in [4.78, 5) is 31.8. The lowest BCUT2D eigenvalue weighted by atomic mass is 10.0. The van der Waals surface area contributed by atoms with E-state index in [1.165, 1.54) is 18.3 Å². The number of Topliss-reactive ketones (excluding diaryl/α,β-unsaturated/α-hetero) is 1. The van der Waals surface area contributed by atoms with Gasteiger partial charge < -0.3 is 10.1 Å². The zero-order valence-electron chi connectivity index (χ0n) is 12.9. The van der Waals surface area contributed by atoms with Crippen molar-refractivity contribution in [1.82, 2.24) is 9.97 Å². The Labute approximate surface area is 142 Å². The summed E-state index contributed by atoms with van der Waals surface area (Å²) < 4.78 is 4.87. The molecule has 2 rings (SSSR count). The van der Waals surface area contributed by atoms with Gasteiger partial charge in [0.1, 0.15) is 10.9 Å². The van der Waals surface area contributed by atoms with Crippen LogP contribution in [0, 0.1) is 22.7 Å². The number of pyridine rings is 1. The number of nitrogens with one attached hydrogen (secondary N) is 1. The highest BCUT2D eigenvalue weighted by Crippen LogP contribution is 2.22. The summed E-state index contributed by atoms with van der Waals surface area (Å²) in [5, 5.41) is 18.6. The van der Waals surface area contributed by atoms with Crippen LogP contribution in [0.25, 0.3) is 10.6 Å². The molecule has 0 radical (unpaired) electrons. The van der Waals surface area contributed by atoms with Crippen molar-refractivity contribution in [2.75, 3.05) is 6.61 Å². The standard InChI is InChI=1S/C16H14N4O3S/c1-10(18)13(6-17)14(21)8-23-15(22)5-12-9-24-16(20-12)11-3-2-4-19-7-11/h2-4,7,9,13,18H,5,8H2,1H3. The fraction of sp³-hybridized carbons (Fsp3) is 0.250. The number of thiazole rings is 1. The number of esters is 1. The van der Waals surface area contributed by atoms with Crippen LogP contribution in [0.4, 0.5) is 0 Å². The summed E-state index contributed by atoms with van der Waals surface area (Å²) >= 11 is 1.38. The molecule has 7 nitrogen and oxygen atoms in total. The molecule has 2 aromatic heterocycles. The summed E-state index contributed by atoms with van der Waals surface area (Å²) in [5.41, 5.74) is 1.33. The van der Waals surface area contributed by atoms with Crippen LogP contribution in [-0.2, 0) is 20.7 Å². The fourth-order valence-electron chi connectivity index (χ4n) is 1.85. The van der Waals surface area contributed by atoms with Crippen LogP contribution in [0.3, 0.4) is 0 Å². The van der Waals surface area contributed by atoms with E-state index in [9.17, 15) is 9.59 Å². The first-order valence-corrected chi connectivity index (χ1v) is 7.87. The first-order valence-electron chi connectivity index (χ1n) is 6.99. The van der Waals surface area contributed by atoms with Crippen molar-refractivity contribution in [3.8, 4) is 16.6 Å². The van der Waals surface area contributed by atoms with Crippen molar-refractivity contribution in [3.05, 3.63) is 35.6 Å². The topological polar surface area (TPSA) is 117 Å². The number of nitriles is 1. The number of ether oxygens (including phenoxy) is 1. The molecule has 0 fully saturated rings. The Bertz CT molecular complexity index is 795. The highest BCUT2D eigenvalue weighted by atomic mass is 32.1. The Morgan fingerprint density at radius 1 is 1.50 bits per heavy atom. The lowest BCUT2D eigenvalue weighted by Crippen LogP contribution is -2.26. The highest BCUT2D eigenvalue weighted by molar-refractivity contribution is 7.13. The van der Waals surface area contributed by atoms with Gasteiger partial charge in [0.2, 0.25) is 0 Å². The van der Waals surface area contributed by atoms with Crippen molar-refractivity contribution in [2.24, 2.45) is 5.92 Å². The van der Waals surface area contributed by atoms with E-state index in [1.807, 2.05) is 6.07 Å². The first-order chi connectivity index (χ1) is 11.5. The lowest BCUT2D eigenvalue weighted by molar-refractivity contribution is -0.147. The summed E-state index contributed by atoms with van der Waals surface area (Å²) in [6.07, 6.45) is 3.28. The second kappa shape index (κ2) is 8.08. The molecule has 0 aliphatic carbocycles. The van der Waals surface area contributed by atoms with Gasteiger partial charge in [-0.2, -0.15) is 5.26 Å². The van der Waals surface area contributed by atoms with E-state index < -0.39 is 24.3 Å². The van der Waals surface area contributed by atoms with Crippen molar-refractivity contribution in [2.45, 2.75) is 13.3 Å². The maximum Gasteiger partial charge on any atom is 0.312 e.